The van der Waals surface area contributed by atoms with E-state index in [0.717, 1.165) is 39.4 Å². The number of aromatic amines is 1. The number of aliphatic hydroxyl groups is 1. The number of carbonyl (C=O) groups excluding carboxylic acids is 2. The Morgan fingerprint density at radius 2 is 1.67 bits per heavy atom. The van der Waals surface area contributed by atoms with Gasteiger partial charge in [0, 0.05) is 62.9 Å². The van der Waals surface area contributed by atoms with Gasteiger partial charge in [-0.1, -0.05) is 46.6 Å². The summed E-state index contributed by atoms with van der Waals surface area (Å²) >= 11 is 3.67. The third kappa shape index (κ3) is 3.99. The van der Waals surface area contributed by atoms with Crippen molar-refractivity contribution in [2.24, 2.45) is 0 Å². The van der Waals surface area contributed by atoms with Gasteiger partial charge < -0.3 is 19.6 Å². The topological polar surface area (TPSA) is 90.4 Å². The number of amides is 2. The Morgan fingerprint density at radius 3 is 2.47 bits per heavy atom. The molecule has 1 atom stereocenters. The third-order valence-corrected chi connectivity index (χ3v) is 7.90. The van der Waals surface area contributed by atoms with Crippen LogP contribution in [0, 0.1) is 0 Å². The van der Waals surface area contributed by atoms with Crippen molar-refractivity contribution in [1.82, 2.24) is 19.8 Å². The number of piperidine rings is 1. The molecule has 8 heteroatoms. The molecule has 2 aliphatic rings. The molecule has 184 valence electrons. The number of carbonyl (C=O) groups is 2. The van der Waals surface area contributed by atoms with Gasteiger partial charge in [-0.15, -0.1) is 0 Å². The van der Waals surface area contributed by atoms with Crippen molar-refractivity contribution in [2.45, 2.75) is 31.9 Å². The standard InChI is InChI=1S/C28H27BrN4O3/c29-21-8-6-10-23-24(21)20(16-33(23)15-17(34)14-32-11-4-1-5-12-32)26-25(27(35)31-28(26)36)19-13-30-22-9-3-2-7-18(19)22/h2-3,6-10,13,16-17,30,34H,1,4-5,11-12,14-15H2,(H,31,35,36). The molecule has 2 amide bonds. The van der Waals surface area contributed by atoms with Crippen LogP contribution in [0.1, 0.15) is 30.4 Å². The summed E-state index contributed by atoms with van der Waals surface area (Å²) < 4.78 is 2.83. The lowest BCUT2D eigenvalue weighted by atomic mass is 9.95. The average Bonchev–Trinajstić information content (AvgIpc) is 3.53. The molecule has 7 nitrogen and oxygen atoms in total. The number of nitrogens with one attached hydrogen (secondary N) is 2. The van der Waals surface area contributed by atoms with Crippen LogP contribution in [0.2, 0.25) is 0 Å². The van der Waals surface area contributed by atoms with E-state index in [9.17, 15) is 14.7 Å². The van der Waals surface area contributed by atoms with E-state index in [1.54, 1.807) is 6.20 Å². The summed E-state index contributed by atoms with van der Waals surface area (Å²) in [4.78, 5) is 31.8. The Balaban J connectivity index is 1.47. The van der Waals surface area contributed by atoms with Gasteiger partial charge in [-0.25, -0.2) is 0 Å². The highest BCUT2D eigenvalue weighted by Gasteiger charge is 2.35. The number of aromatic nitrogens is 2. The first-order valence-corrected chi connectivity index (χ1v) is 13.1. The molecular formula is C28H27BrN4O3. The van der Waals surface area contributed by atoms with Gasteiger partial charge in [0.2, 0.25) is 0 Å². The lowest BCUT2D eigenvalue weighted by Gasteiger charge is -2.28. The third-order valence-electron chi connectivity index (χ3n) is 7.24. The van der Waals surface area contributed by atoms with Crippen molar-refractivity contribution in [1.29, 1.82) is 0 Å². The Hall–Kier alpha value is -3.20. The van der Waals surface area contributed by atoms with Crippen LogP contribution in [0.3, 0.4) is 0 Å². The number of hydrogen-bond donors (Lipinski definition) is 3. The number of β-amino-alcohol motifs (C(OH)–C–C–N with tert-alkyl or cyclic N) is 1. The zero-order chi connectivity index (χ0) is 24.8. The van der Waals surface area contributed by atoms with Crippen LogP contribution in [-0.2, 0) is 16.1 Å². The zero-order valence-corrected chi connectivity index (χ0v) is 21.3. The number of benzene rings is 2. The first-order chi connectivity index (χ1) is 17.5. The summed E-state index contributed by atoms with van der Waals surface area (Å²) in [5.74, 6) is -0.818. The molecule has 0 bridgehead atoms. The highest BCUT2D eigenvalue weighted by atomic mass is 79.9. The van der Waals surface area contributed by atoms with Crippen LogP contribution in [-0.4, -0.2) is 57.1 Å². The van der Waals surface area contributed by atoms with Crippen LogP contribution >= 0.6 is 15.9 Å². The average molecular weight is 547 g/mol. The van der Waals surface area contributed by atoms with Crippen LogP contribution < -0.4 is 5.32 Å². The van der Waals surface area contributed by atoms with E-state index in [0.29, 0.717) is 35.4 Å². The van der Waals surface area contributed by atoms with Gasteiger partial charge in [-0.3, -0.25) is 14.9 Å². The quantitative estimate of drug-likeness (QED) is 0.314. The van der Waals surface area contributed by atoms with Crippen molar-refractivity contribution < 1.29 is 14.7 Å². The number of aliphatic hydroxyl groups excluding tert-OH is 1. The molecule has 0 saturated carbocycles. The number of H-pyrrole nitrogens is 1. The second kappa shape index (κ2) is 9.35. The number of fused-ring (bicyclic) bond motifs is 2. The Labute approximate surface area is 216 Å². The van der Waals surface area contributed by atoms with E-state index in [1.807, 2.05) is 53.2 Å². The Kier molecular flexibility index (Phi) is 6.03. The maximum Gasteiger partial charge on any atom is 0.259 e. The van der Waals surface area contributed by atoms with Gasteiger partial charge in [0.1, 0.15) is 0 Å². The van der Waals surface area contributed by atoms with Crippen molar-refractivity contribution in [3.8, 4) is 0 Å². The molecule has 4 heterocycles. The summed E-state index contributed by atoms with van der Waals surface area (Å²) in [6.45, 7) is 3.05. The number of nitrogens with zero attached hydrogens (tertiary/aromatic N) is 2. The molecule has 0 radical (unpaired) electrons. The van der Waals surface area contributed by atoms with Gasteiger partial charge >= 0.3 is 0 Å². The number of hydrogen-bond acceptors (Lipinski definition) is 4. The van der Waals surface area contributed by atoms with Crippen molar-refractivity contribution in [3.63, 3.8) is 0 Å². The maximum absolute atomic E-state index is 13.2. The number of imide groups is 1. The van der Waals surface area contributed by atoms with E-state index in [4.69, 9.17) is 0 Å². The molecule has 1 unspecified atom stereocenters. The SMILES string of the molecule is O=C1NC(=O)C(c2cn(CC(O)CN3CCCCC3)c3cccc(Br)c23)=C1c1c[nH]c2ccccc12. The highest BCUT2D eigenvalue weighted by Crippen LogP contribution is 2.40. The molecule has 0 aliphatic carbocycles. The van der Waals surface area contributed by atoms with Gasteiger partial charge in [-0.2, -0.15) is 0 Å². The molecule has 2 aromatic heterocycles. The van der Waals surface area contributed by atoms with Crippen LogP contribution in [0.5, 0.6) is 0 Å². The minimum Gasteiger partial charge on any atom is -0.390 e. The lowest BCUT2D eigenvalue weighted by Crippen LogP contribution is -2.37. The summed E-state index contributed by atoms with van der Waals surface area (Å²) in [6, 6.07) is 13.6. The zero-order valence-electron chi connectivity index (χ0n) is 19.8. The summed E-state index contributed by atoms with van der Waals surface area (Å²) in [5.41, 5.74) is 3.88. The van der Waals surface area contributed by atoms with Crippen molar-refractivity contribution >= 4 is 60.7 Å². The first kappa shape index (κ1) is 23.2. The number of likely N-dealkylation sites (tertiary alicyclic amines) is 1. The van der Waals surface area contributed by atoms with E-state index < -0.39 is 17.9 Å². The Bertz CT molecular complexity index is 1530. The number of rotatable bonds is 6. The normalized spacial score (nSPS) is 17.9. The van der Waals surface area contributed by atoms with Crippen molar-refractivity contribution in [3.05, 3.63) is 70.5 Å². The predicted octanol–water partition coefficient (Wildman–Crippen LogP) is 4.30. The van der Waals surface area contributed by atoms with Crippen LogP contribution in [0.25, 0.3) is 33.0 Å². The molecule has 3 N–H and O–H groups in total. The largest absolute Gasteiger partial charge is 0.390 e. The lowest BCUT2D eigenvalue weighted by molar-refractivity contribution is -0.122. The summed E-state index contributed by atoms with van der Waals surface area (Å²) in [7, 11) is 0. The molecular weight excluding hydrogens is 520 g/mol. The molecule has 6 rings (SSSR count). The van der Waals surface area contributed by atoms with Crippen LogP contribution in [0.15, 0.2) is 59.3 Å². The predicted molar refractivity (Wildman–Crippen MR) is 144 cm³/mol. The first-order valence-electron chi connectivity index (χ1n) is 12.4. The second-order valence-corrected chi connectivity index (χ2v) is 10.5. The van der Waals surface area contributed by atoms with E-state index in [1.165, 1.54) is 19.3 Å². The van der Waals surface area contributed by atoms with E-state index in [2.05, 4.69) is 31.1 Å². The van der Waals surface area contributed by atoms with E-state index in [-0.39, 0.29) is 0 Å². The fraction of sp³-hybridized carbons (Fsp3) is 0.286. The van der Waals surface area contributed by atoms with Gasteiger partial charge in [0.15, 0.2) is 0 Å². The van der Waals surface area contributed by atoms with Crippen molar-refractivity contribution in [2.75, 3.05) is 19.6 Å². The molecule has 1 saturated heterocycles. The summed E-state index contributed by atoms with van der Waals surface area (Å²) in [5, 5.41) is 15.2. The number of halogens is 1. The number of para-hydroxylation sites is 1. The van der Waals surface area contributed by atoms with E-state index >= 15 is 0 Å². The molecule has 2 aromatic carbocycles. The molecule has 36 heavy (non-hydrogen) atoms. The molecule has 0 spiro atoms. The molecule has 4 aromatic rings. The minimum absolute atomic E-state index is 0.353. The smallest absolute Gasteiger partial charge is 0.259 e. The van der Waals surface area contributed by atoms with Gasteiger partial charge in [0.05, 0.1) is 17.3 Å². The summed E-state index contributed by atoms with van der Waals surface area (Å²) in [6.07, 6.45) is 6.73. The second-order valence-electron chi connectivity index (χ2n) is 9.63. The minimum atomic E-state index is -0.549. The van der Waals surface area contributed by atoms with Gasteiger partial charge in [0.25, 0.3) is 11.8 Å². The maximum atomic E-state index is 13.2. The monoisotopic (exact) mass is 546 g/mol. The fourth-order valence-corrected chi connectivity index (χ4v) is 6.19. The molecule has 2 aliphatic heterocycles. The highest BCUT2D eigenvalue weighted by molar-refractivity contribution is 9.10. The molecule has 1 fully saturated rings. The fourth-order valence-electron chi connectivity index (χ4n) is 5.62. The van der Waals surface area contributed by atoms with Gasteiger partial charge in [-0.05, 0) is 44.1 Å². The van der Waals surface area contributed by atoms with Crippen LogP contribution in [0.4, 0.5) is 0 Å². The Morgan fingerprint density at radius 1 is 0.917 bits per heavy atom.